The molecular weight excluding hydrogens is 691 g/mol. The third-order valence-corrected chi connectivity index (χ3v) is 15.2. The minimum absolute atomic E-state index is 0.0238. The lowest BCUT2D eigenvalue weighted by Crippen LogP contribution is -2.51. The predicted molar refractivity (Wildman–Crippen MR) is 197 cm³/mol. The summed E-state index contributed by atoms with van der Waals surface area (Å²) in [5, 5.41) is 2.80. The number of hydrogen-bond acceptors (Lipinski definition) is 8. The predicted octanol–water partition coefficient (Wildman–Crippen LogP) is 5.31. The largest absolute Gasteiger partial charge is 0.490 e. The van der Waals surface area contributed by atoms with Crippen LogP contribution in [-0.4, -0.2) is 89.6 Å². The molecule has 2 N–H and O–H groups in total. The molecule has 1 amide bonds. The first-order valence-electron chi connectivity index (χ1n) is 18.8. The number of halogens is 2. The summed E-state index contributed by atoms with van der Waals surface area (Å²) < 4.78 is 58.5. The number of benzene rings is 2. The highest BCUT2D eigenvalue weighted by molar-refractivity contribution is 7.90. The van der Waals surface area contributed by atoms with Gasteiger partial charge in [0.15, 0.2) is 0 Å². The SMILES string of the molecule is C[C@@H]1[C@@H](C)S(=O)(=O)NC(=O)c2ccc3c(c2)N(C[C@@H]2CC[C@H]2[C@@H](OCCN2CCNCC2)C2=C[C@H]1C2)C[C@@]1(CCCc2c1ccc(Cl)c2F)CO3. The Morgan fingerprint density at radius 1 is 1.14 bits per heavy atom. The number of carbonyl (C=O) groups excluding carboxylic acids is 1. The van der Waals surface area contributed by atoms with Crippen molar-refractivity contribution in [1.82, 2.24) is 14.9 Å². The van der Waals surface area contributed by atoms with Gasteiger partial charge in [0.05, 0.1) is 35.3 Å². The van der Waals surface area contributed by atoms with E-state index >= 15 is 4.39 Å². The monoisotopic (exact) mass is 740 g/mol. The Morgan fingerprint density at radius 2 is 1.94 bits per heavy atom. The van der Waals surface area contributed by atoms with Crippen molar-refractivity contribution in [1.29, 1.82) is 0 Å². The van der Waals surface area contributed by atoms with Gasteiger partial charge in [0.25, 0.3) is 5.91 Å². The summed E-state index contributed by atoms with van der Waals surface area (Å²) in [6.45, 7) is 10.9. The van der Waals surface area contributed by atoms with E-state index in [0.717, 1.165) is 82.6 Å². The molecule has 2 fully saturated rings. The average Bonchev–Trinajstić information content (AvgIpc) is 3.24. The molecule has 1 spiro atoms. The van der Waals surface area contributed by atoms with Crippen LogP contribution in [0.4, 0.5) is 10.1 Å². The summed E-state index contributed by atoms with van der Waals surface area (Å²) >= 11 is 6.27. The van der Waals surface area contributed by atoms with Crippen LogP contribution in [0.25, 0.3) is 0 Å². The average molecular weight is 741 g/mol. The molecule has 2 aromatic carbocycles. The van der Waals surface area contributed by atoms with Crippen LogP contribution in [0.2, 0.25) is 5.02 Å². The molecule has 3 aliphatic carbocycles. The number of piperazine rings is 1. The molecule has 9 rings (SSSR count). The topological polar surface area (TPSA) is 100 Å². The number of rotatable bonds is 4. The van der Waals surface area contributed by atoms with E-state index in [2.05, 4.69) is 25.9 Å². The minimum Gasteiger partial charge on any atom is -0.490 e. The molecule has 12 heteroatoms. The number of sulfonamides is 1. The van der Waals surface area contributed by atoms with Gasteiger partial charge in [-0.25, -0.2) is 17.5 Å². The summed E-state index contributed by atoms with van der Waals surface area (Å²) in [4.78, 5) is 18.4. The van der Waals surface area contributed by atoms with Gasteiger partial charge in [0, 0.05) is 56.8 Å². The Hall–Kier alpha value is -2.70. The first-order chi connectivity index (χ1) is 24.5. The Balaban J connectivity index is 1.16. The molecule has 1 saturated heterocycles. The normalized spacial score (nSPS) is 33.4. The molecule has 51 heavy (non-hydrogen) atoms. The summed E-state index contributed by atoms with van der Waals surface area (Å²) in [6.07, 6.45) is 7.41. The molecule has 0 radical (unpaired) electrons. The quantitative estimate of drug-likeness (QED) is 0.407. The summed E-state index contributed by atoms with van der Waals surface area (Å²) in [5.41, 5.74) is 3.41. The van der Waals surface area contributed by atoms with Gasteiger partial charge in [0.2, 0.25) is 10.0 Å². The fraction of sp³-hybridized carbons (Fsp3) is 0.615. The summed E-state index contributed by atoms with van der Waals surface area (Å²) in [7, 11) is -3.96. The molecule has 7 aliphatic rings. The fourth-order valence-corrected chi connectivity index (χ4v) is 11.0. The molecule has 4 bridgehead atoms. The van der Waals surface area contributed by atoms with Gasteiger partial charge in [-0.2, -0.15) is 0 Å². The van der Waals surface area contributed by atoms with Crippen molar-refractivity contribution in [3.63, 3.8) is 0 Å². The van der Waals surface area contributed by atoms with Crippen molar-refractivity contribution in [2.24, 2.45) is 23.7 Å². The highest BCUT2D eigenvalue weighted by atomic mass is 35.5. The van der Waals surface area contributed by atoms with E-state index in [1.54, 1.807) is 31.2 Å². The number of hydrogen-bond donors (Lipinski definition) is 2. The fourth-order valence-electron chi connectivity index (χ4n) is 9.52. The molecule has 2 aromatic rings. The van der Waals surface area contributed by atoms with E-state index in [-0.39, 0.29) is 34.3 Å². The van der Waals surface area contributed by atoms with E-state index in [1.165, 1.54) is 5.57 Å². The molecule has 4 aliphatic heterocycles. The zero-order valence-corrected chi connectivity index (χ0v) is 31.2. The van der Waals surface area contributed by atoms with Crippen LogP contribution in [-0.2, 0) is 26.6 Å². The molecule has 9 nitrogen and oxygen atoms in total. The third-order valence-electron chi connectivity index (χ3n) is 13.0. The second kappa shape index (κ2) is 13.9. The molecule has 276 valence electrons. The van der Waals surface area contributed by atoms with E-state index in [4.69, 9.17) is 21.1 Å². The summed E-state index contributed by atoms with van der Waals surface area (Å²) in [6, 6.07) is 8.82. The van der Waals surface area contributed by atoms with Crippen LogP contribution in [0.15, 0.2) is 42.0 Å². The Kier molecular flexibility index (Phi) is 9.66. The van der Waals surface area contributed by atoms with E-state index < -0.39 is 26.6 Å². The zero-order chi connectivity index (χ0) is 35.5. The molecule has 4 heterocycles. The first kappa shape index (κ1) is 35.3. The van der Waals surface area contributed by atoms with Gasteiger partial charge < -0.3 is 19.7 Å². The van der Waals surface area contributed by atoms with Crippen molar-refractivity contribution in [3.05, 3.63) is 69.5 Å². The van der Waals surface area contributed by atoms with E-state index in [0.29, 0.717) is 49.3 Å². The number of anilines is 1. The van der Waals surface area contributed by atoms with Gasteiger partial charge >= 0.3 is 0 Å². The van der Waals surface area contributed by atoms with Crippen LogP contribution in [0.3, 0.4) is 0 Å². The van der Waals surface area contributed by atoms with Gasteiger partial charge in [-0.05, 0) is 110 Å². The molecule has 0 unspecified atom stereocenters. The number of nitrogens with zero attached hydrogens (tertiary/aromatic N) is 2. The van der Waals surface area contributed by atoms with Gasteiger partial charge in [-0.1, -0.05) is 30.7 Å². The van der Waals surface area contributed by atoms with Gasteiger partial charge in [-0.15, -0.1) is 0 Å². The standard InChI is InChI=1S/C39H50ClFN4O5S/c1-24-25(2)51(47,48)43-38(46)26-6-10-35-34(20-26)45(22-39(23-50-35)11-3-4-31-32(39)8-9-33(40)36(31)41)21-27-5-7-30(27)37(29-18-28(24)19-29)49-17-16-44-14-12-42-13-15-44/h6,8-10,18,20,24-25,27-28,30,37,42H,3-5,7,11-17,19,21-23H2,1-2H3,(H,43,46)/t24-,25-,27+,28+,30-,37+,39+/m1/s1. The zero-order valence-electron chi connectivity index (χ0n) is 29.6. The number of ether oxygens (including phenoxy) is 2. The van der Waals surface area contributed by atoms with E-state index in [1.807, 2.05) is 13.0 Å². The smallest absolute Gasteiger partial charge is 0.264 e. The maximum absolute atomic E-state index is 15.5. The molecule has 7 atom stereocenters. The van der Waals surface area contributed by atoms with Crippen molar-refractivity contribution >= 4 is 33.2 Å². The number of carbonyl (C=O) groups is 1. The Morgan fingerprint density at radius 3 is 2.71 bits per heavy atom. The van der Waals surface area contributed by atoms with Crippen LogP contribution in [0.5, 0.6) is 5.75 Å². The van der Waals surface area contributed by atoms with Crippen LogP contribution < -0.4 is 19.7 Å². The number of allylic oxidation sites excluding steroid dienone is 1. The maximum Gasteiger partial charge on any atom is 0.264 e. The van der Waals surface area contributed by atoms with Crippen molar-refractivity contribution in [3.8, 4) is 5.75 Å². The number of fused-ring (bicyclic) bond motifs is 6. The molecular formula is C39H50ClFN4O5S. The highest BCUT2D eigenvalue weighted by Crippen LogP contribution is 2.50. The molecule has 1 saturated carbocycles. The highest BCUT2D eigenvalue weighted by Gasteiger charge is 2.47. The van der Waals surface area contributed by atoms with Crippen LogP contribution in [0.1, 0.15) is 67.4 Å². The lowest BCUT2D eigenvalue weighted by Gasteiger charge is -2.48. The van der Waals surface area contributed by atoms with Gasteiger partial charge in [-0.3, -0.25) is 9.69 Å². The molecule has 0 aromatic heterocycles. The Bertz CT molecular complexity index is 1820. The third kappa shape index (κ3) is 6.60. The first-order valence-corrected chi connectivity index (χ1v) is 20.8. The number of amides is 1. The summed E-state index contributed by atoms with van der Waals surface area (Å²) in [5.74, 6) is 0.224. The van der Waals surface area contributed by atoms with Crippen molar-refractivity contribution < 1.29 is 27.1 Å². The van der Waals surface area contributed by atoms with E-state index in [9.17, 15) is 13.2 Å². The number of nitrogens with one attached hydrogen (secondary N) is 2. The minimum atomic E-state index is -3.96. The van der Waals surface area contributed by atoms with Crippen LogP contribution in [0, 0.1) is 29.5 Å². The van der Waals surface area contributed by atoms with Crippen molar-refractivity contribution in [2.45, 2.75) is 69.1 Å². The second-order valence-electron chi connectivity index (χ2n) is 15.9. The van der Waals surface area contributed by atoms with Crippen molar-refractivity contribution in [2.75, 3.05) is 63.9 Å². The lowest BCUT2D eigenvalue weighted by atomic mass is 9.64. The second-order valence-corrected chi connectivity index (χ2v) is 18.4. The lowest BCUT2D eigenvalue weighted by molar-refractivity contribution is -0.0332. The van der Waals surface area contributed by atoms with Gasteiger partial charge in [0.1, 0.15) is 11.6 Å². The van der Waals surface area contributed by atoms with Crippen LogP contribution >= 0.6 is 11.6 Å². The Labute approximate surface area is 306 Å². The maximum atomic E-state index is 15.5.